The summed E-state index contributed by atoms with van der Waals surface area (Å²) in [5, 5.41) is 0.839. The van der Waals surface area contributed by atoms with Crippen molar-refractivity contribution in [1.29, 1.82) is 0 Å². The zero-order valence-electron chi connectivity index (χ0n) is 14.0. The number of hydrogen-bond donors (Lipinski definition) is 0. The SMILES string of the molecule is CC(c1ccccc1Cl)N1CCC(C(=O)N2CCCCC2)CC1. The van der Waals surface area contributed by atoms with Gasteiger partial charge in [0.15, 0.2) is 0 Å². The molecule has 1 unspecified atom stereocenters. The molecule has 1 aromatic rings. The van der Waals surface area contributed by atoms with Crippen molar-refractivity contribution >= 4 is 17.5 Å². The van der Waals surface area contributed by atoms with Crippen LogP contribution < -0.4 is 0 Å². The highest BCUT2D eigenvalue weighted by molar-refractivity contribution is 6.31. The molecule has 2 aliphatic heterocycles. The van der Waals surface area contributed by atoms with E-state index in [9.17, 15) is 4.79 Å². The van der Waals surface area contributed by atoms with E-state index in [2.05, 4.69) is 22.8 Å². The number of nitrogens with zero attached hydrogens (tertiary/aromatic N) is 2. The molecule has 2 saturated heterocycles. The van der Waals surface area contributed by atoms with Crippen LogP contribution in [0.2, 0.25) is 5.02 Å². The van der Waals surface area contributed by atoms with E-state index < -0.39 is 0 Å². The molecule has 0 N–H and O–H groups in total. The molecule has 2 heterocycles. The van der Waals surface area contributed by atoms with Gasteiger partial charge in [-0.1, -0.05) is 29.8 Å². The number of hydrogen-bond acceptors (Lipinski definition) is 2. The lowest BCUT2D eigenvalue weighted by molar-refractivity contribution is -0.138. The lowest BCUT2D eigenvalue weighted by Gasteiger charge is -2.38. The maximum atomic E-state index is 12.6. The van der Waals surface area contributed by atoms with Crippen molar-refractivity contribution in [2.45, 2.75) is 45.1 Å². The summed E-state index contributed by atoms with van der Waals surface area (Å²) in [6, 6.07) is 8.40. The van der Waals surface area contributed by atoms with Crippen LogP contribution in [0.3, 0.4) is 0 Å². The molecule has 0 saturated carbocycles. The number of piperidine rings is 2. The summed E-state index contributed by atoms with van der Waals surface area (Å²) >= 11 is 6.33. The highest BCUT2D eigenvalue weighted by Gasteiger charge is 2.31. The largest absolute Gasteiger partial charge is 0.342 e. The van der Waals surface area contributed by atoms with Crippen molar-refractivity contribution < 1.29 is 4.79 Å². The van der Waals surface area contributed by atoms with Crippen molar-refractivity contribution in [2.75, 3.05) is 26.2 Å². The lowest BCUT2D eigenvalue weighted by atomic mass is 9.92. The van der Waals surface area contributed by atoms with Gasteiger partial charge in [-0.15, -0.1) is 0 Å². The van der Waals surface area contributed by atoms with Crippen molar-refractivity contribution in [3.63, 3.8) is 0 Å². The molecule has 3 rings (SSSR count). The highest BCUT2D eigenvalue weighted by atomic mass is 35.5. The van der Waals surface area contributed by atoms with Gasteiger partial charge < -0.3 is 4.90 Å². The second-order valence-electron chi connectivity index (χ2n) is 6.89. The Kier molecular flexibility index (Phi) is 5.60. The molecule has 0 aliphatic carbocycles. The van der Waals surface area contributed by atoms with E-state index in [0.717, 1.165) is 44.0 Å². The van der Waals surface area contributed by atoms with Crippen LogP contribution in [0, 0.1) is 5.92 Å². The molecule has 126 valence electrons. The first kappa shape index (κ1) is 16.8. The number of halogens is 1. The fraction of sp³-hybridized carbons (Fsp3) is 0.632. The Morgan fingerprint density at radius 1 is 1.09 bits per heavy atom. The fourth-order valence-electron chi connectivity index (χ4n) is 3.92. The number of rotatable bonds is 3. The van der Waals surface area contributed by atoms with Gasteiger partial charge in [-0.3, -0.25) is 9.69 Å². The van der Waals surface area contributed by atoms with Crippen molar-refractivity contribution in [1.82, 2.24) is 9.80 Å². The molecular weight excluding hydrogens is 308 g/mol. The summed E-state index contributed by atoms with van der Waals surface area (Å²) in [5.41, 5.74) is 1.19. The van der Waals surface area contributed by atoms with Crippen LogP contribution in [0.5, 0.6) is 0 Å². The quantitative estimate of drug-likeness (QED) is 0.830. The fourth-order valence-corrected chi connectivity index (χ4v) is 4.21. The Labute approximate surface area is 144 Å². The van der Waals surface area contributed by atoms with Crippen LogP contribution >= 0.6 is 11.6 Å². The third kappa shape index (κ3) is 3.89. The Morgan fingerprint density at radius 2 is 1.74 bits per heavy atom. The van der Waals surface area contributed by atoms with Crippen molar-refractivity contribution in [3.05, 3.63) is 34.9 Å². The van der Waals surface area contributed by atoms with Crippen molar-refractivity contribution in [2.24, 2.45) is 5.92 Å². The van der Waals surface area contributed by atoms with Gasteiger partial charge in [-0.2, -0.15) is 0 Å². The highest BCUT2D eigenvalue weighted by Crippen LogP contribution is 2.31. The summed E-state index contributed by atoms with van der Waals surface area (Å²) in [6.45, 7) is 6.12. The summed E-state index contributed by atoms with van der Waals surface area (Å²) in [4.78, 5) is 17.2. The van der Waals surface area contributed by atoms with E-state index in [1.54, 1.807) is 0 Å². The van der Waals surface area contributed by atoms with Gasteiger partial charge in [0.25, 0.3) is 0 Å². The van der Waals surface area contributed by atoms with Gasteiger partial charge in [-0.25, -0.2) is 0 Å². The second kappa shape index (κ2) is 7.67. The van der Waals surface area contributed by atoms with E-state index in [1.807, 2.05) is 18.2 Å². The minimum absolute atomic E-state index is 0.225. The molecule has 1 aromatic carbocycles. The van der Waals surface area contributed by atoms with Crippen LogP contribution in [0.15, 0.2) is 24.3 Å². The van der Waals surface area contributed by atoms with E-state index in [4.69, 9.17) is 11.6 Å². The maximum absolute atomic E-state index is 12.6. The Hall–Kier alpha value is -1.06. The summed E-state index contributed by atoms with van der Waals surface area (Å²) < 4.78 is 0. The van der Waals surface area contributed by atoms with Crippen LogP contribution in [-0.2, 0) is 4.79 Å². The lowest BCUT2D eigenvalue weighted by Crippen LogP contribution is -2.44. The summed E-state index contributed by atoms with van der Waals surface area (Å²) in [7, 11) is 0. The molecule has 2 aliphatic rings. The smallest absolute Gasteiger partial charge is 0.225 e. The molecule has 3 nitrogen and oxygen atoms in total. The summed E-state index contributed by atoms with van der Waals surface area (Å²) in [6.07, 6.45) is 5.58. The van der Waals surface area contributed by atoms with Gasteiger partial charge in [0.2, 0.25) is 5.91 Å². The zero-order chi connectivity index (χ0) is 16.2. The van der Waals surface area contributed by atoms with Crippen LogP contribution in [0.25, 0.3) is 0 Å². The van der Waals surface area contributed by atoms with Gasteiger partial charge in [0.05, 0.1) is 0 Å². The van der Waals surface area contributed by atoms with Crippen LogP contribution in [0.4, 0.5) is 0 Å². The molecule has 0 aromatic heterocycles. The number of amides is 1. The van der Waals surface area contributed by atoms with Gasteiger partial charge in [0.1, 0.15) is 0 Å². The summed E-state index contributed by atoms with van der Waals surface area (Å²) in [5.74, 6) is 0.623. The first-order chi connectivity index (χ1) is 11.2. The van der Waals surface area contributed by atoms with Crippen LogP contribution in [-0.4, -0.2) is 41.9 Å². The molecule has 23 heavy (non-hydrogen) atoms. The molecule has 1 atom stereocenters. The molecule has 2 fully saturated rings. The monoisotopic (exact) mass is 334 g/mol. The number of benzene rings is 1. The second-order valence-corrected chi connectivity index (χ2v) is 7.30. The molecule has 4 heteroatoms. The van der Waals surface area contributed by atoms with E-state index in [0.29, 0.717) is 11.9 Å². The van der Waals surface area contributed by atoms with E-state index >= 15 is 0 Å². The molecule has 0 bridgehead atoms. The zero-order valence-corrected chi connectivity index (χ0v) is 14.8. The van der Waals surface area contributed by atoms with Crippen molar-refractivity contribution in [3.8, 4) is 0 Å². The predicted octanol–water partition coefficient (Wildman–Crippen LogP) is 4.13. The van der Waals surface area contributed by atoms with Gasteiger partial charge >= 0.3 is 0 Å². The average Bonchev–Trinajstić information content (AvgIpc) is 2.62. The molecule has 0 spiro atoms. The van der Waals surface area contributed by atoms with Crippen LogP contribution in [0.1, 0.15) is 50.6 Å². The average molecular weight is 335 g/mol. The first-order valence-electron chi connectivity index (χ1n) is 8.94. The standard InChI is InChI=1S/C19H27ClN2O/c1-15(17-7-3-4-8-18(17)20)21-13-9-16(10-14-21)19(23)22-11-5-2-6-12-22/h3-4,7-8,15-16H,2,5-6,9-14H2,1H3. The maximum Gasteiger partial charge on any atom is 0.225 e. The molecule has 0 radical (unpaired) electrons. The number of carbonyl (C=O) groups is 1. The topological polar surface area (TPSA) is 23.6 Å². The third-order valence-corrected chi connectivity index (χ3v) is 5.79. The van der Waals surface area contributed by atoms with Gasteiger partial charge in [0, 0.05) is 30.1 Å². The Balaban J connectivity index is 1.55. The van der Waals surface area contributed by atoms with E-state index in [-0.39, 0.29) is 5.92 Å². The Bertz CT molecular complexity index is 534. The normalized spacial score (nSPS) is 22.1. The minimum Gasteiger partial charge on any atom is -0.342 e. The van der Waals surface area contributed by atoms with E-state index in [1.165, 1.54) is 24.8 Å². The van der Waals surface area contributed by atoms with Gasteiger partial charge in [-0.05, 0) is 63.7 Å². The first-order valence-corrected chi connectivity index (χ1v) is 9.32. The number of likely N-dealkylation sites (tertiary alicyclic amines) is 2. The molecular formula is C19H27ClN2O. The number of carbonyl (C=O) groups excluding carboxylic acids is 1. The molecule has 1 amide bonds. The predicted molar refractivity (Wildman–Crippen MR) is 94.6 cm³/mol. The minimum atomic E-state index is 0.225. The Morgan fingerprint density at radius 3 is 2.39 bits per heavy atom. The third-order valence-electron chi connectivity index (χ3n) is 5.45.